The summed E-state index contributed by atoms with van der Waals surface area (Å²) in [5.41, 5.74) is -0.358. The standard InChI is InChI=1S/C18H16N2O6/c1-25-12-5-3-11(15(8-12)26-2)9-20-16(21)13-6-4-10(17(22)23)7-14(13)19-18(20)24/h3-8H,9H2,1-2H3,(H,19,24)(H,22,23). The molecule has 0 saturated carbocycles. The van der Waals surface area contributed by atoms with Gasteiger partial charge in [0.25, 0.3) is 5.56 Å². The molecule has 0 aliphatic rings. The summed E-state index contributed by atoms with van der Waals surface area (Å²) in [6, 6.07) is 9.05. The fraction of sp³-hybridized carbons (Fsp3) is 0.167. The number of nitrogens with one attached hydrogen (secondary N) is 1. The quantitative estimate of drug-likeness (QED) is 0.716. The fourth-order valence-electron chi connectivity index (χ4n) is 2.68. The number of H-pyrrole nitrogens is 1. The summed E-state index contributed by atoms with van der Waals surface area (Å²) in [4.78, 5) is 38.6. The number of hydrogen-bond acceptors (Lipinski definition) is 5. The number of fused-ring (bicyclic) bond motifs is 1. The molecule has 0 atom stereocenters. The van der Waals surface area contributed by atoms with Gasteiger partial charge in [0, 0.05) is 11.6 Å². The van der Waals surface area contributed by atoms with Gasteiger partial charge < -0.3 is 19.6 Å². The van der Waals surface area contributed by atoms with Crippen molar-refractivity contribution < 1.29 is 19.4 Å². The Morgan fingerprint density at radius 3 is 2.54 bits per heavy atom. The summed E-state index contributed by atoms with van der Waals surface area (Å²) in [6.45, 7) is -0.00203. The van der Waals surface area contributed by atoms with Crippen LogP contribution in [0.4, 0.5) is 0 Å². The molecular weight excluding hydrogens is 340 g/mol. The average molecular weight is 356 g/mol. The van der Waals surface area contributed by atoms with Crippen molar-refractivity contribution in [3.63, 3.8) is 0 Å². The van der Waals surface area contributed by atoms with Crippen LogP contribution >= 0.6 is 0 Å². The van der Waals surface area contributed by atoms with E-state index in [-0.39, 0.29) is 23.0 Å². The molecule has 0 bridgehead atoms. The molecule has 1 heterocycles. The number of carboxylic acid groups (broad SMARTS) is 1. The number of hydrogen-bond donors (Lipinski definition) is 2. The third-order valence-electron chi connectivity index (χ3n) is 4.05. The first-order valence-electron chi connectivity index (χ1n) is 7.65. The van der Waals surface area contributed by atoms with Gasteiger partial charge in [-0.3, -0.25) is 9.36 Å². The molecule has 26 heavy (non-hydrogen) atoms. The molecule has 3 aromatic rings. The second kappa shape index (κ2) is 6.75. The minimum Gasteiger partial charge on any atom is -0.497 e. The average Bonchev–Trinajstić information content (AvgIpc) is 2.64. The summed E-state index contributed by atoms with van der Waals surface area (Å²) >= 11 is 0. The maximum absolute atomic E-state index is 12.7. The smallest absolute Gasteiger partial charge is 0.335 e. The molecular formula is C18H16N2O6. The van der Waals surface area contributed by atoms with Crippen molar-refractivity contribution in [2.75, 3.05) is 14.2 Å². The minimum atomic E-state index is -1.14. The third kappa shape index (κ3) is 3.04. The van der Waals surface area contributed by atoms with E-state index >= 15 is 0 Å². The van der Waals surface area contributed by atoms with Gasteiger partial charge in [0.2, 0.25) is 0 Å². The molecule has 0 aliphatic carbocycles. The largest absolute Gasteiger partial charge is 0.497 e. The van der Waals surface area contributed by atoms with Crippen molar-refractivity contribution in [2.24, 2.45) is 0 Å². The highest BCUT2D eigenvalue weighted by atomic mass is 16.5. The highest BCUT2D eigenvalue weighted by Gasteiger charge is 2.13. The Labute approximate surface area is 147 Å². The molecule has 0 unspecified atom stereocenters. The Morgan fingerprint density at radius 1 is 1.12 bits per heavy atom. The van der Waals surface area contributed by atoms with E-state index in [0.717, 1.165) is 4.57 Å². The van der Waals surface area contributed by atoms with Gasteiger partial charge in [-0.05, 0) is 30.3 Å². The molecule has 2 aromatic carbocycles. The lowest BCUT2D eigenvalue weighted by atomic mass is 10.1. The Balaban J connectivity index is 2.12. The minimum absolute atomic E-state index is 0.00203. The van der Waals surface area contributed by atoms with E-state index in [1.54, 1.807) is 18.2 Å². The number of benzene rings is 2. The topological polar surface area (TPSA) is 111 Å². The number of aromatic amines is 1. The number of aromatic nitrogens is 2. The summed E-state index contributed by atoms with van der Waals surface area (Å²) in [6.07, 6.45) is 0. The number of ether oxygens (including phenoxy) is 2. The van der Waals surface area contributed by atoms with Gasteiger partial charge in [-0.2, -0.15) is 0 Å². The van der Waals surface area contributed by atoms with Crippen molar-refractivity contribution in [2.45, 2.75) is 6.54 Å². The SMILES string of the molecule is COc1ccc(Cn2c(=O)[nH]c3cc(C(=O)O)ccc3c2=O)c(OC)c1. The number of carboxylic acids is 1. The van der Waals surface area contributed by atoms with Crippen molar-refractivity contribution in [3.8, 4) is 11.5 Å². The normalized spacial score (nSPS) is 10.7. The molecule has 3 rings (SSSR count). The summed E-state index contributed by atoms with van der Waals surface area (Å²) < 4.78 is 11.5. The van der Waals surface area contributed by atoms with Crippen LogP contribution in [0, 0.1) is 0 Å². The molecule has 8 heteroatoms. The molecule has 0 fully saturated rings. The van der Waals surface area contributed by atoms with Crippen LogP contribution in [0.1, 0.15) is 15.9 Å². The monoisotopic (exact) mass is 356 g/mol. The van der Waals surface area contributed by atoms with Gasteiger partial charge >= 0.3 is 11.7 Å². The lowest BCUT2D eigenvalue weighted by Crippen LogP contribution is -2.35. The zero-order chi connectivity index (χ0) is 18.8. The molecule has 2 N–H and O–H groups in total. The Hall–Kier alpha value is -3.55. The van der Waals surface area contributed by atoms with Crippen LogP contribution in [0.3, 0.4) is 0 Å². The van der Waals surface area contributed by atoms with Crippen molar-refractivity contribution >= 4 is 16.9 Å². The Morgan fingerprint density at radius 2 is 1.88 bits per heavy atom. The molecule has 0 amide bonds. The zero-order valence-electron chi connectivity index (χ0n) is 14.1. The van der Waals surface area contributed by atoms with E-state index in [2.05, 4.69) is 4.98 Å². The molecule has 0 saturated heterocycles. The zero-order valence-corrected chi connectivity index (χ0v) is 14.1. The summed E-state index contributed by atoms with van der Waals surface area (Å²) in [7, 11) is 3.01. The second-order valence-corrected chi connectivity index (χ2v) is 5.56. The molecule has 1 aromatic heterocycles. The molecule has 134 valence electrons. The van der Waals surface area contributed by atoms with Gasteiger partial charge in [0.1, 0.15) is 11.5 Å². The maximum atomic E-state index is 12.7. The number of nitrogens with zero attached hydrogens (tertiary/aromatic N) is 1. The van der Waals surface area contributed by atoms with Gasteiger partial charge in [0.15, 0.2) is 0 Å². The van der Waals surface area contributed by atoms with E-state index in [0.29, 0.717) is 17.1 Å². The van der Waals surface area contributed by atoms with Crippen LogP contribution in [0.5, 0.6) is 11.5 Å². The third-order valence-corrected chi connectivity index (χ3v) is 4.05. The second-order valence-electron chi connectivity index (χ2n) is 5.56. The van der Waals surface area contributed by atoms with E-state index < -0.39 is 17.2 Å². The van der Waals surface area contributed by atoms with E-state index in [4.69, 9.17) is 14.6 Å². The first kappa shape index (κ1) is 17.3. The molecule has 0 aliphatic heterocycles. The number of rotatable bonds is 5. The first-order valence-corrected chi connectivity index (χ1v) is 7.65. The van der Waals surface area contributed by atoms with Crippen LogP contribution < -0.4 is 20.7 Å². The molecule has 0 spiro atoms. The lowest BCUT2D eigenvalue weighted by molar-refractivity contribution is 0.0697. The van der Waals surface area contributed by atoms with Crippen molar-refractivity contribution in [1.82, 2.24) is 9.55 Å². The van der Waals surface area contributed by atoms with Crippen LogP contribution in [0.25, 0.3) is 10.9 Å². The molecule has 8 nitrogen and oxygen atoms in total. The van der Waals surface area contributed by atoms with Gasteiger partial charge in [-0.1, -0.05) is 0 Å². The van der Waals surface area contributed by atoms with Crippen LogP contribution in [-0.4, -0.2) is 34.8 Å². The molecule has 0 radical (unpaired) electrons. The van der Waals surface area contributed by atoms with Crippen molar-refractivity contribution in [3.05, 3.63) is 68.4 Å². The lowest BCUT2D eigenvalue weighted by Gasteiger charge is -2.12. The highest BCUT2D eigenvalue weighted by Crippen LogP contribution is 2.24. The van der Waals surface area contributed by atoms with Gasteiger partial charge in [-0.15, -0.1) is 0 Å². The summed E-state index contributed by atoms with van der Waals surface area (Å²) in [5.74, 6) is -0.0663. The number of carbonyl (C=O) groups is 1. The van der Waals surface area contributed by atoms with E-state index in [1.165, 1.54) is 32.4 Å². The predicted octanol–water partition coefficient (Wildman–Crippen LogP) is 1.45. The Kier molecular flexibility index (Phi) is 4.49. The summed E-state index contributed by atoms with van der Waals surface area (Å²) in [5, 5.41) is 9.26. The highest BCUT2D eigenvalue weighted by molar-refractivity contribution is 5.92. The van der Waals surface area contributed by atoms with Gasteiger partial charge in [0.05, 0.1) is 37.2 Å². The number of aromatic carboxylic acids is 1. The fourth-order valence-corrected chi connectivity index (χ4v) is 2.68. The Bertz CT molecular complexity index is 1110. The van der Waals surface area contributed by atoms with Crippen LogP contribution in [0.15, 0.2) is 46.0 Å². The van der Waals surface area contributed by atoms with Crippen LogP contribution in [-0.2, 0) is 6.54 Å². The first-order chi connectivity index (χ1) is 12.4. The predicted molar refractivity (Wildman–Crippen MR) is 94.4 cm³/mol. The van der Waals surface area contributed by atoms with Gasteiger partial charge in [-0.25, -0.2) is 9.59 Å². The maximum Gasteiger partial charge on any atom is 0.335 e. The van der Waals surface area contributed by atoms with E-state index in [9.17, 15) is 14.4 Å². The van der Waals surface area contributed by atoms with E-state index in [1.807, 2.05) is 0 Å². The number of methoxy groups -OCH3 is 2. The van der Waals surface area contributed by atoms with Crippen molar-refractivity contribution in [1.29, 1.82) is 0 Å². The van der Waals surface area contributed by atoms with Crippen LogP contribution in [0.2, 0.25) is 0 Å².